The van der Waals surface area contributed by atoms with E-state index < -0.39 is 0 Å². The van der Waals surface area contributed by atoms with Gasteiger partial charge >= 0.3 is 0 Å². The predicted octanol–water partition coefficient (Wildman–Crippen LogP) is 3.68. The van der Waals surface area contributed by atoms with Gasteiger partial charge in [-0.15, -0.1) is 0 Å². The maximum atomic E-state index is 12.3. The fourth-order valence-corrected chi connectivity index (χ4v) is 3.17. The molecule has 0 aliphatic rings. The highest BCUT2D eigenvalue weighted by molar-refractivity contribution is 7.71. The topological polar surface area (TPSA) is 50.7 Å². The number of nitrogens with zero attached hydrogens (tertiary/aromatic N) is 2. The number of hydrogen-bond donors (Lipinski definition) is 1. The Morgan fingerprint density at radius 2 is 1.91 bits per heavy atom. The summed E-state index contributed by atoms with van der Waals surface area (Å²) in [4.78, 5) is 19.6. The molecule has 0 saturated heterocycles. The first-order valence-corrected chi connectivity index (χ1v) is 7.57. The van der Waals surface area contributed by atoms with Gasteiger partial charge in [-0.25, -0.2) is 4.98 Å². The largest absolute Gasteiger partial charge is 0.298 e. The highest BCUT2D eigenvalue weighted by atomic mass is 32.1. The lowest BCUT2D eigenvalue weighted by molar-refractivity contribution is 0.628. The molecule has 1 aromatic carbocycles. The molecule has 5 heteroatoms. The summed E-state index contributed by atoms with van der Waals surface area (Å²) in [7, 11) is 0. The molecule has 22 heavy (non-hydrogen) atoms. The van der Waals surface area contributed by atoms with E-state index >= 15 is 0 Å². The van der Waals surface area contributed by atoms with Crippen molar-refractivity contribution in [1.29, 1.82) is 0 Å². The van der Waals surface area contributed by atoms with Crippen LogP contribution in [-0.2, 0) is 0 Å². The van der Waals surface area contributed by atoms with Crippen LogP contribution in [0.1, 0.15) is 29.8 Å². The van der Waals surface area contributed by atoms with Gasteiger partial charge < -0.3 is 0 Å². The maximum Gasteiger partial charge on any atom is 0.261 e. The number of H-pyrrole nitrogens is 1. The van der Waals surface area contributed by atoms with Crippen molar-refractivity contribution in [3.8, 4) is 0 Å². The molecular formula is C17H17N3OS. The SMILES string of the molecule is Cc1cc(C)c2c(=O)[nH]c(=S)n(C(C)c3ccccc3)c2n1. The first-order valence-electron chi connectivity index (χ1n) is 7.16. The fourth-order valence-electron chi connectivity index (χ4n) is 2.83. The van der Waals surface area contributed by atoms with Gasteiger partial charge in [-0.3, -0.25) is 14.3 Å². The highest BCUT2D eigenvalue weighted by Crippen LogP contribution is 2.22. The molecule has 3 rings (SSSR count). The molecule has 0 aliphatic carbocycles. The van der Waals surface area contributed by atoms with E-state index in [2.05, 4.69) is 16.9 Å². The van der Waals surface area contributed by atoms with E-state index in [0.717, 1.165) is 16.8 Å². The van der Waals surface area contributed by atoms with Crippen molar-refractivity contribution in [3.05, 3.63) is 68.3 Å². The van der Waals surface area contributed by atoms with Crippen LogP contribution in [0.25, 0.3) is 11.0 Å². The molecule has 0 amide bonds. The quantitative estimate of drug-likeness (QED) is 0.735. The number of aryl methyl sites for hydroxylation is 2. The van der Waals surface area contributed by atoms with Gasteiger partial charge in [0, 0.05) is 5.69 Å². The second-order valence-corrected chi connectivity index (χ2v) is 5.88. The fraction of sp³-hybridized carbons (Fsp3) is 0.235. The molecule has 3 aromatic rings. The Morgan fingerprint density at radius 1 is 1.23 bits per heavy atom. The summed E-state index contributed by atoms with van der Waals surface area (Å²) in [5.74, 6) is 0. The molecule has 1 N–H and O–H groups in total. The monoisotopic (exact) mass is 311 g/mol. The Balaban J connectivity index is 2.39. The number of aromatic amines is 1. The van der Waals surface area contributed by atoms with E-state index in [9.17, 15) is 4.79 Å². The van der Waals surface area contributed by atoms with Crippen LogP contribution in [-0.4, -0.2) is 14.5 Å². The van der Waals surface area contributed by atoms with Gasteiger partial charge in [0.2, 0.25) is 0 Å². The molecule has 4 nitrogen and oxygen atoms in total. The third-order valence-electron chi connectivity index (χ3n) is 3.89. The van der Waals surface area contributed by atoms with Crippen LogP contribution < -0.4 is 5.56 Å². The smallest absolute Gasteiger partial charge is 0.261 e. The van der Waals surface area contributed by atoms with Gasteiger partial charge in [-0.1, -0.05) is 30.3 Å². The Labute approximate surface area is 133 Å². The van der Waals surface area contributed by atoms with Crippen LogP contribution in [0.3, 0.4) is 0 Å². The summed E-state index contributed by atoms with van der Waals surface area (Å²) in [5.41, 5.74) is 3.36. The zero-order chi connectivity index (χ0) is 15.9. The van der Waals surface area contributed by atoms with Crippen molar-refractivity contribution in [2.24, 2.45) is 0 Å². The lowest BCUT2D eigenvalue weighted by Crippen LogP contribution is -2.20. The van der Waals surface area contributed by atoms with E-state index in [1.54, 1.807) is 0 Å². The van der Waals surface area contributed by atoms with Crippen LogP contribution in [0.2, 0.25) is 0 Å². The molecule has 2 heterocycles. The number of rotatable bonds is 2. The van der Waals surface area contributed by atoms with Crippen molar-refractivity contribution in [2.75, 3.05) is 0 Å². The standard InChI is InChI=1S/C17H17N3OS/c1-10-9-11(2)18-15-14(10)16(21)19-17(22)20(15)12(3)13-7-5-4-6-8-13/h4-9,12H,1-3H3,(H,19,21,22). The molecule has 0 radical (unpaired) electrons. The number of benzene rings is 1. The summed E-state index contributed by atoms with van der Waals surface area (Å²) in [6.45, 7) is 5.91. The van der Waals surface area contributed by atoms with Crippen molar-refractivity contribution in [1.82, 2.24) is 14.5 Å². The third kappa shape index (κ3) is 2.37. The molecule has 0 spiro atoms. The third-order valence-corrected chi connectivity index (χ3v) is 4.19. The van der Waals surface area contributed by atoms with Crippen molar-refractivity contribution >= 4 is 23.3 Å². The Hall–Kier alpha value is -2.27. The van der Waals surface area contributed by atoms with E-state index in [0.29, 0.717) is 15.8 Å². The lowest BCUT2D eigenvalue weighted by Gasteiger charge is -2.19. The predicted molar refractivity (Wildman–Crippen MR) is 90.9 cm³/mol. The zero-order valence-corrected chi connectivity index (χ0v) is 13.6. The van der Waals surface area contributed by atoms with E-state index in [-0.39, 0.29) is 11.6 Å². The molecule has 0 fully saturated rings. The first-order chi connectivity index (χ1) is 10.5. The zero-order valence-electron chi connectivity index (χ0n) is 12.8. The molecule has 112 valence electrons. The molecule has 0 saturated carbocycles. The van der Waals surface area contributed by atoms with Crippen molar-refractivity contribution < 1.29 is 0 Å². The second kappa shape index (κ2) is 5.50. The summed E-state index contributed by atoms with van der Waals surface area (Å²) in [5, 5.41) is 0.599. The highest BCUT2D eigenvalue weighted by Gasteiger charge is 2.15. The van der Waals surface area contributed by atoms with Gasteiger partial charge in [0.25, 0.3) is 5.56 Å². The van der Waals surface area contributed by atoms with Crippen LogP contribution in [0, 0.1) is 18.6 Å². The minimum absolute atomic E-state index is 0.0123. The summed E-state index contributed by atoms with van der Waals surface area (Å²) in [6.07, 6.45) is 0. The summed E-state index contributed by atoms with van der Waals surface area (Å²) >= 11 is 5.40. The van der Waals surface area contributed by atoms with Crippen molar-refractivity contribution in [3.63, 3.8) is 0 Å². The van der Waals surface area contributed by atoms with E-state index in [1.165, 1.54) is 0 Å². The maximum absolute atomic E-state index is 12.3. The number of nitrogens with one attached hydrogen (secondary N) is 1. The Bertz CT molecular complexity index is 957. The molecule has 0 aliphatic heterocycles. The number of fused-ring (bicyclic) bond motifs is 1. The Morgan fingerprint density at radius 3 is 2.59 bits per heavy atom. The average Bonchev–Trinajstić information content (AvgIpc) is 2.46. The number of hydrogen-bond acceptors (Lipinski definition) is 3. The number of aromatic nitrogens is 3. The van der Waals surface area contributed by atoms with Gasteiger partial charge in [0.15, 0.2) is 4.77 Å². The molecule has 1 atom stereocenters. The Kier molecular flexibility index (Phi) is 3.66. The van der Waals surface area contributed by atoms with Gasteiger partial charge in [0.1, 0.15) is 5.65 Å². The second-order valence-electron chi connectivity index (χ2n) is 5.50. The van der Waals surface area contributed by atoms with Gasteiger partial charge in [-0.2, -0.15) is 0 Å². The van der Waals surface area contributed by atoms with E-state index in [4.69, 9.17) is 12.2 Å². The summed E-state index contributed by atoms with van der Waals surface area (Å²) < 4.78 is 2.31. The van der Waals surface area contributed by atoms with Gasteiger partial charge in [-0.05, 0) is 50.2 Å². The van der Waals surface area contributed by atoms with Crippen LogP contribution >= 0.6 is 12.2 Å². The molecular weight excluding hydrogens is 294 g/mol. The molecule has 0 bridgehead atoms. The minimum atomic E-state index is -0.179. The van der Waals surface area contributed by atoms with E-state index in [1.807, 2.05) is 54.8 Å². The van der Waals surface area contributed by atoms with Crippen LogP contribution in [0.4, 0.5) is 0 Å². The molecule has 1 unspecified atom stereocenters. The lowest BCUT2D eigenvalue weighted by atomic mass is 10.1. The number of pyridine rings is 1. The minimum Gasteiger partial charge on any atom is -0.298 e. The molecule has 2 aromatic heterocycles. The normalized spacial score (nSPS) is 12.5. The summed E-state index contributed by atoms with van der Waals surface area (Å²) in [6, 6.07) is 12.0. The van der Waals surface area contributed by atoms with Gasteiger partial charge in [0.05, 0.1) is 11.4 Å². The average molecular weight is 311 g/mol. The first kappa shape index (κ1) is 14.7. The van der Waals surface area contributed by atoms with Crippen LogP contribution in [0.15, 0.2) is 41.2 Å². The van der Waals surface area contributed by atoms with Crippen molar-refractivity contribution in [2.45, 2.75) is 26.8 Å². The van der Waals surface area contributed by atoms with Crippen LogP contribution in [0.5, 0.6) is 0 Å².